The molecular formula is C10H17N3O. The molecule has 0 aliphatic carbocycles. The summed E-state index contributed by atoms with van der Waals surface area (Å²) in [6.45, 7) is 8.59. The Balaban J connectivity index is 2.85. The zero-order valence-electron chi connectivity index (χ0n) is 9.16. The fourth-order valence-electron chi connectivity index (χ4n) is 1.33. The van der Waals surface area contributed by atoms with Crippen LogP contribution in [0.5, 0.6) is 0 Å². The van der Waals surface area contributed by atoms with Gasteiger partial charge in [-0.1, -0.05) is 0 Å². The number of hydrogen-bond donors (Lipinski definition) is 1. The first kappa shape index (κ1) is 10.8. The molecule has 0 saturated carbocycles. The summed E-state index contributed by atoms with van der Waals surface area (Å²) in [7, 11) is 0. The Morgan fingerprint density at radius 1 is 1.64 bits per heavy atom. The number of nitrogens with zero attached hydrogens (tertiary/aromatic N) is 2. The molecule has 0 aromatic carbocycles. The van der Waals surface area contributed by atoms with E-state index in [9.17, 15) is 4.79 Å². The van der Waals surface area contributed by atoms with Crippen molar-refractivity contribution in [1.82, 2.24) is 15.1 Å². The third-order valence-electron chi connectivity index (χ3n) is 2.07. The highest BCUT2D eigenvalue weighted by Crippen LogP contribution is 2.06. The van der Waals surface area contributed by atoms with Crippen LogP contribution in [-0.2, 0) is 6.54 Å². The molecule has 0 unspecified atom stereocenters. The number of hydrogen-bond acceptors (Lipinski definition) is 2. The highest BCUT2D eigenvalue weighted by molar-refractivity contribution is 5.95. The molecule has 0 fully saturated rings. The van der Waals surface area contributed by atoms with Crippen LogP contribution in [0.1, 0.15) is 36.8 Å². The van der Waals surface area contributed by atoms with Crippen molar-refractivity contribution in [2.75, 3.05) is 0 Å². The van der Waals surface area contributed by atoms with Gasteiger partial charge in [-0.25, -0.2) is 0 Å². The zero-order valence-corrected chi connectivity index (χ0v) is 9.16. The molecule has 14 heavy (non-hydrogen) atoms. The average Bonchev–Trinajstić information content (AvgIpc) is 2.45. The SMILES string of the molecule is CCn1ncc(C(=O)NC(C)C)c1C. The Morgan fingerprint density at radius 3 is 2.71 bits per heavy atom. The molecule has 1 N–H and O–H groups in total. The normalized spacial score (nSPS) is 10.6. The van der Waals surface area contributed by atoms with Crippen molar-refractivity contribution in [2.45, 2.75) is 40.3 Å². The van der Waals surface area contributed by atoms with Gasteiger partial charge in [-0.15, -0.1) is 0 Å². The van der Waals surface area contributed by atoms with Gasteiger partial charge < -0.3 is 5.32 Å². The van der Waals surface area contributed by atoms with Gasteiger partial charge in [0, 0.05) is 18.3 Å². The van der Waals surface area contributed by atoms with Gasteiger partial charge in [-0.2, -0.15) is 5.10 Å². The van der Waals surface area contributed by atoms with E-state index in [1.54, 1.807) is 6.20 Å². The summed E-state index contributed by atoms with van der Waals surface area (Å²) >= 11 is 0. The molecule has 0 bridgehead atoms. The van der Waals surface area contributed by atoms with Crippen molar-refractivity contribution in [3.8, 4) is 0 Å². The summed E-state index contributed by atoms with van der Waals surface area (Å²) in [4.78, 5) is 11.6. The van der Waals surface area contributed by atoms with Crippen LogP contribution in [-0.4, -0.2) is 21.7 Å². The largest absolute Gasteiger partial charge is 0.350 e. The lowest BCUT2D eigenvalue weighted by Gasteiger charge is -2.07. The fourth-order valence-corrected chi connectivity index (χ4v) is 1.33. The highest BCUT2D eigenvalue weighted by atomic mass is 16.1. The van der Waals surface area contributed by atoms with Gasteiger partial charge in [-0.3, -0.25) is 9.48 Å². The third-order valence-corrected chi connectivity index (χ3v) is 2.07. The summed E-state index contributed by atoms with van der Waals surface area (Å²) in [5.74, 6) is -0.0443. The zero-order chi connectivity index (χ0) is 10.7. The molecule has 0 spiro atoms. The Hall–Kier alpha value is -1.32. The molecule has 0 aliphatic rings. The van der Waals surface area contributed by atoms with Crippen LogP contribution in [0.25, 0.3) is 0 Å². The molecule has 78 valence electrons. The number of aromatic nitrogens is 2. The van der Waals surface area contributed by atoms with Crippen LogP contribution in [0.15, 0.2) is 6.20 Å². The summed E-state index contributed by atoms with van der Waals surface area (Å²) < 4.78 is 1.81. The second-order valence-corrected chi connectivity index (χ2v) is 3.59. The molecule has 1 rings (SSSR count). The summed E-state index contributed by atoms with van der Waals surface area (Å²) in [6, 6.07) is 0.159. The van der Waals surface area contributed by atoms with E-state index in [2.05, 4.69) is 10.4 Å². The Bertz CT molecular complexity index is 328. The minimum atomic E-state index is -0.0443. The number of nitrogens with one attached hydrogen (secondary N) is 1. The predicted octanol–water partition coefficient (Wildman–Crippen LogP) is 1.35. The first-order valence-corrected chi connectivity index (χ1v) is 4.89. The van der Waals surface area contributed by atoms with Crippen molar-refractivity contribution >= 4 is 5.91 Å². The average molecular weight is 195 g/mol. The number of aryl methyl sites for hydroxylation is 1. The van der Waals surface area contributed by atoms with Gasteiger partial charge in [0.15, 0.2) is 0 Å². The smallest absolute Gasteiger partial charge is 0.254 e. The maximum Gasteiger partial charge on any atom is 0.254 e. The monoisotopic (exact) mass is 195 g/mol. The molecule has 0 aliphatic heterocycles. The molecule has 4 heteroatoms. The Morgan fingerprint density at radius 2 is 2.29 bits per heavy atom. The van der Waals surface area contributed by atoms with Crippen LogP contribution in [0, 0.1) is 6.92 Å². The van der Waals surface area contributed by atoms with E-state index in [-0.39, 0.29) is 11.9 Å². The number of carbonyl (C=O) groups is 1. The lowest BCUT2D eigenvalue weighted by molar-refractivity contribution is 0.0942. The van der Waals surface area contributed by atoms with E-state index in [1.165, 1.54) is 0 Å². The topological polar surface area (TPSA) is 46.9 Å². The van der Waals surface area contributed by atoms with Crippen molar-refractivity contribution in [1.29, 1.82) is 0 Å². The maximum absolute atomic E-state index is 11.6. The Kier molecular flexibility index (Phi) is 3.28. The first-order valence-electron chi connectivity index (χ1n) is 4.89. The second-order valence-electron chi connectivity index (χ2n) is 3.59. The summed E-state index contributed by atoms with van der Waals surface area (Å²) in [5.41, 5.74) is 1.59. The molecule has 1 aromatic heterocycles. The van der Waals surface area contributed by atoms with E-state index in [4.69, 9.17) is 0 Å². The standard InChI is InChI=1S/C10H17N3O/c1-5-13-8(4)9(6-11-13)10(14)12-7(2)3/h6-7H,5H2,1-4H3,(H,12,14). The molecular weight excluding hydrogens is 178 g/mol. The van der Waals surface area contributed by atoms with Gasteiger partial charge >= 0.3 is 0 Å². The van der Waals surface area contributed by atoms with Crippen molar-refractivity contribution in [2.24, 2.45) is 0 Å². The van der Waals surface area contributed by atoms with E-state index < -0.39 is 0 Å². The molecule has 0 atom stereocenters. The van der Waals surface area contributed by atoms with E-state index in [1.807, 2.05) is 32.4 Å². The fraction of sp³-hybridized carbons (Fsp3) is 0.600. The van der Waals surface area contributed by atoms with Crippen molar-refractivity contribution < 1.29 is 4.79 Å². The first-order chi connectivity index (χ1) is 6.56. The van der Waals surface area contributed by atoms with E-state index in [0.29, 0.717) is 5.56 Å². The van der Waals surface area contributed by atoms with Crippen molar-refractivity contribution in [3.63, 3.8) is 0 Å². The van der Waals surface area contributed by atoms with Gasteiger partial charge in [-0.05, 0) is 27.7 Å². The van der Waals surface area contributed by atoms with E-state index in [0.717, 1.165) is 12.2 Å². The second kappa shape index (κ2) is 4.26. The minimum Gasteiger partial charge on any atom is -0.350 e. The molecule has 0 radical (unpaired) electrons. The van der Waals surface area contributed by atoms with Crippen LogP contribution >= 0.6 is 0 Å². The number of rotatable bonds is 3. The lowest BCUT2D eigenvalue weighted by atomic mass is 10.2. The third kappa shape index (κ3) is 2.13. The van der Waals surface area contributed by atoms with Crippen LogP contribution in [0.2, 0.25) is 0 Å². The summed E-state index contributed by atoms with van der Waals surface area (Å²) in [6.07, 6.45) is 1.62. The van der Waals surface area contributed by atoms with E-state index >= 15 is 0 Å². The van der Waals surface area contributed by atoms with Crippen LogP contribution in [0.3, 0.4) is 0 Å². The molecule has 1 amide bonds. The van der Waals surface area contributed by atoms with Gasteiger partial charge in [0.2, 0.25) is 0 Å². The minimum absolute atomic E-state index is 0.0443. The quantitative estimate of drug-likeness (QED) is 0.791. The summed E-state index contributed by atoms with van der Waals surface area (Å²) in [5, 5.41) is 6.96. The molecule has 4 nitrogen and oxygen atoms in total. The molecule has 1 heterocycles. The number of carbonyl (C=O) groups excluding carboxylic acids is 1. The number of amides is 1. The Labute approximate surface area is 84.3 Å². The van der Waals surface area contributed by atoms with Gasteiger partial charge in [0.1, 0.15) is 0 Å². The lowest BCUT2D eigenvalue weighted by Crippen LogP contribution is -2.30. The predicted molar refractivity (Wildman–Crippen MR) is 55.2 cm³/mol. The molecule has 0 saturated heterocycles. The highest BCUT2D eigenvalue weighted by Gasteiger charge is 2.13. The van der Waals surface area contributed by atoms with Crippen LogP contribution < -0.4 is 5.32 Å². The van der Waals surface area contributed by atoms with Gasteiger partial charge in [0.05, 0.1) is 11.8 Å². The van der Waals surface area contributed by atoms with Crippen molar-refractivity contribution in [3.05, 3.63) is 17.5 Å². The maximum atomic E-state index is 11.6. The molecule has 1 aromatic rings. The van der Waals surface area contributed by atoms with Gasteiger partial charge in [0.25, 0.3) is 5.91 Å². The van der Waals surface area contributed by atoms with Crippen LogP contribution in [0.4, 0.5) is 0 Å².